The highest BCUT2D eigenvalue weighted by atomic mass is 16.4. The van der Waals surface area contributed by atoms with E-state index >= 15 is 0 Å². The number of anilines is 1. The Morgan fingerprint density at radius 3 is 2.35 bits per heavy atom. The molecule has 1 aromatic rings. The average molecular weight is 277 g/mol. The predicted molar refractivity (Wildman–Crippen MR) is 79.8 cm³/mol. The summed E-state index contributed by atoms with van der Waals surface area (Å²) in [5.74, 6) is -1.00. The fourth-order valence-electron chi connectivity index (χ4n) is 1.96. The first-order chi connectivity index (χ1) is 9.61. The van der Waals surface area contributed by atoms with E-state index in [1.54, 1.807) is 0 Å². The average Bonchev–Trinajstić information content (AvgIpc) is 2.40. The summed E-state index contributed by atoms with van der Waals surface area (Å²) in [5, 5.41) is 11.3. The van der Waals surface area contributed by atoms with E-state index in [9.17, 15) is 9.59 Å². The van der Waals surface area contributed by atoms with Crippen LogP contribution in [0.2, 0.25) is 0 Å². The molecule has 0 heterocycles. The van der Waals surface area contributed by atoms with Gasteiger partial charge in [-0.3, -0.25) is 9.59 Å². The summed E-state index contributed by atoms with van der Waals surface area (Å²) < 4.78 is 0. The quantitative estimate of drug-likeness (QED) is 0.677. The van der Waals surface area contributed by atoms with Crippen LogP contribution in [-0.4, -0.2) is 17.0 Å². The molecule has 1 rings (SSSR count). The Hall–Kier alpha value is -1.84. The van der Waals surface area contributed by atoms with Gasteiger partial charge in [0.1, 0.15) is 0 Å². The van der Waals surface area contributed by atoms with E-state index in [1.165, 1.54) is 24.8 Å². The topological polar surface area (TPSA) is 66.4 Å². The van der Waals surface area contributed by atoms with Gasteiger partial charge < -0.3 is 10.4 Å². The van der Waals surface area contributed by atoms with Gasteiger partial charge in [-0.1, -0.05) is 31.9 Å². The number of carboxylic acids is 1. The Bertz CT molecular complexity index is 426. The van der Waals surface area contributed by atoms with Gasteiger partial charge in [-0.05, 0) is 37.0 Å². The molecule has 0 saturated heterocycles. The van der Waals surface area contributed by atoms with Gasteiger partial charge in [0.15, 0.2) is 0 Å². The lowest BCUT2D eigenvalue weighted by molar-refractivity contribution is -0.137. The number of aryl methyl sites for hydroxylation is 1. The van der Waals surface area contributed by atoms with Crippen molar-refractivity contribution < 1.29 is 14.7 Å². The lowest BCUT2D eigenvalue weighted by Gasteiger charge is -2.06. The molecule has 4 heteroatoms. The number of carbonyl (C=O) groups is 2. The SMILES string of the molecule is CCCCCc1ccc(NC(=O)CCCC(=O)O)cc1. The van der Waals surface area contributed by atoms with Gasteiger partial charge >= 0.3 is 5.97 Å². The summed E-state index contributed by atoms with van der Waals surface area (Å²) in [6.45, 7) is 2.18. The van der Waals surface area contributed by atoms with Crippen molar-refractivity contribution in [1.82, 2.24) is 0 Å². The first kappa shape index (κ1) is 16.2. The maximum atomic E-state index is 11.6. The number of benzene rings is 1. The number of rotatable bonds is 9. The van der Waals surface area contributed by atoms with Crippen LogP contribution >= 0.6 is 0 Å². The van der Waals surface area contributed by atoms with Crippen molar-refractivity contribution in [2.45, 2.75) is 51.9 Å². The molecule has 0 bridgehead atoms. The van der Waals surface area contributed by atoms with Crippen LogP contribution in [-0.2, 0) is 16.0 Å². The number of amides is 1. The Labute approximate surface area is 120 Å². The molecule has 0 saturated carbocycles. The largest absolute Gasteiger partial charge is 0.481 e. The van der Waals surface area contributed by atoms with Crippen LogP contribution in [0.15, 0.2) is 24.3 Å². The third-order valence-corrected chi connectivity index (χ3v) is 3.10. The smallest absolute Gasteiger partial charge is 0.303 e. The van der Waals surface area contributed by atoms with Gasteiger partial charge in [-0.2, -0.15) is 0 Å². The van der Waals surface area contributed by atoms with Crippen LogP contribution in [0.1, 0.15) is 51.0 Å². The Morgan fingerprint density at radius 1 is 1.05 bits per heavy atom. The molecule has 0 aliphatic rings. The van der Waals surface area contributed by atoms with E-state index in [4.69, 9.17) is 5.11 Å². The summed E-state index contributed by atoms with van der Waals surface area (Å²) >= 11 is 0. The molecule has 0 atom stereocenters. The zero-order valence-corrected chi connectivity index (χ0v) is 12.0. The highest BCUT2D eigenvalue weighted by Gasteiger charge is 2.04. The van der Waals surface area contributed by atoms with Crippen LogP contribution in [0.5, 0.6) is 0 Å². The van der Waals surface area contributed by atoms with Crippen LogP contribution in [0.4, 0.5) is 5.69 Å². The molecule has 0 unspecified atom stereocenters. The minimum absolute atomic E-state index is 0.0315. The number of hydrogen-bond donors (Lipinski definition) is 2. The third kappa shape index (κ3) is 6.92. The van der Waals surface area contributed by atoms with Crippen LogP contribution in [0, 0.1) is 0 Å². The zero-order chi connectivity index (χ0) is 14.8. The lowest BCUT2D eigenvalue weighted by atomic mass is 10.1. The van der Waals surface area contributed by atoms with E-state index in [0.717, 1.165) is 12.1 Å². The molecule has 20 heavy (non-hydrogen) atoms. The molecule has 0 radical (unpaired) electrons. The molecule has 0 spiro atoms. The summed E-state index contributed by atoms with van der Waals surface area (Å²) in [6, 6.07) is 7.86. The fourth-order valence-corrected chi connectivity index (χ4v) is 1.96. The molecule has 0 fully saturated rings. The first-order valence-electron chi connectivity index (χ1n) is 7.22. The standard InChI is InChI=1S/C16H23NO3/c1-2-3-4-6-13-9-11-14(12-10-13)17-15(18)7-5-8-16(19)20/h9-12H,2-8H2,1H3,(H,17,18)(H,19,20). The molecule has 4 nitrogen and oxygen atoms in total. The summed E-state index contributed by atoms with van der Waals surface area (Å²) in [5.41, 5.74) is 2.05. The number of aliphatic carboxylic acids is 1. The second-order valence-electron chi connectivity index (χ2n) is 4.95. The first-order valence-corrected chi connectivity index (χ1v) is 7.22. The minimum atomic E-state index is -0.866. The highest BCUT2D eigenvalue weighted by Crippen LogP contribution is 2.13. The molecule has 1 aromatic carbocycles. The maximum Gasteiger partial charge on any atom is 0.303 e. The van der Waals surface area contributed by atoms with Crippen molar-refractivity contribution in [3.05, 3.63) is 29.8 Å². The maximum absolute atomic E-state index is 11.6. The van der Waals surface area contributed by atoms with Crippen molar-refractivity contribution in [1.29, 1.82) is 0 Å². The molecular formula is C16H23NO3. The van der Waals surface area contributed by atoms with E-state index in [-0.39, 0.29) is 18.7 Å². The van der Waals surface area contributed by atoms with Crippen molar-refractivity contribution in [2.24, 2.45) is 0 Å². The van der Waals surface area contributed by atoms with Crippen molar-refractivity contribution in [3.63, 3.8) is 0 Å². The summed E-state index contributed by atoms with van der Waals surface area (Å²) in [7, 11) is 0. The van der Waals surface area contributed by atoms with Gasteiger partial charge in [0.25, 0.3) is 0 Å². The number of hydrogen-bond acceptors (Lipinski definition) is 2. The molecular weight excluding hydrogens is 254 g/mol. The van der Waals surface area contributed by atoms with Gasteiger partial charge in [0, 0.05) is 18.5 Å². The summed E-state index contributed by atoms with van der Waals surface area (Å²) in [4.78, 5) is 21.9. The van der Waals surface area contributed by atoms with Gasteiger partial charge in [-0.15, -0.1) is 0 Å². The molecule has 1 amide bonds. The molecule has 0 aliphatic carbocycles. The third-order valence-electron chi connectivity index (χ3n) is 3.10. The van der Waals surface area contributed by atoms with E-state index in [1.807, 2.05) is 24.3 Å². The fraction of sp³-hybridized carbons (Fsp3) is 0.500. The zero-order valence-electron chi connectivity index (χ0n) is 12.0. The summed E-state index contributed by atoms with van der Waals surface area (Å²) in [6.07, 6.45) is 5.36. The molecule has 2 N–H and O–H groups in total. The van der Waals surface area contributed by atoms with Crippen molar-refractivity contribution >= 4 is 17.6 Å². The Kier molecular flexibility index (Phi) is 7.40. The Morgan fingerprint density at radius 2 is 1.75 bits per heavy atom. The Balaban J connectivity index is 2.33. The van der Waals surface area contributed by atoms with E-state index < -0.39 is 5.97 Å². The van der Waals surface area contributed by atoms with E-state index in [2.05, 4.69) is 12.2 Å². The van der Waals surface area contributed by atoms with Crippen molar-refractivity contribution in [2.75, 3.05) is 5.32 Å². The van der Waals surface area contributed by atoms with Crippen LogP contribution in [0.25, 0.3) is 0 Å². The molecule has 0 aromatic heterocycles. The predicted octanol–water partition coefficient (Wildman–Crippen LogP) is 3.61. The highest BCUT2D eigenvalue weighted by molar-refractivity contribution is 5.90. The van der Waals surface area contributed by atoms with Gasteiger partial charge in [0.05, 0.1) is 0 Å². The second kappa shape index (κ2) is 9.13. The van der Waals surface area contributed by atoms with Crippen LogP contribution in [0.3, 0.4) is 0 Å². The second-order valence-corrected chi connectivity index (χ2v) is 4.95. The number of carbonyl (C=O) groups excluding carboxylic acids is 1. The van der Waals surface area contributed by atoms with Gasteiger partial charge in [-0.25, -0.2) is 0 Å². The number of nitrogens with one attached hydrogen (secondary N) is 1. The molecule has 110 valence electrons. The minimum Gasteiger partial charge on any atom is -0.481 e. The van der Waals surface area contributed by atoms with Crippen molar-refractivity contribution in [3.8, 4) is 0 Å². The lowest BCUT2D eigenvalue weighted by Crippen LogP contribution is -2.11. The van der Waals surface area contributed by atoms with Crippen LogP contribution < -0.4 is 5.32 Å². The number of unbranched alkanes of at least 4 members (excludes halogenated alkanes) is 2. The monoisotopic (exact) mass is 277 g/mol. The molecule has 0 aliphatic heterocycles. The van der Waals surface area contributed by atoms with Gasteiger partial charge in [0.2, 0.25) is 5.91 Å². The normalized spacial score (nSPS) is 10.2. The van der Waals surface area contributed by atoms with E-state index in [0.29, 0.717) is 6.42 Å². The number of carboxylic acid groups (broad SMARTS) is 1.